The Bertz CT molecular complexity index is 715. The van der Waals surface area contributed by atoms with Gasteiger partial charge in [-0.3, -0.25) is 0 Å². The molecule has 1 amide bonds. The molecule has 8 nitrogen and oxygen atoms in total. The lowest BCUT2D eigenvalue weighted by Crippen LogP contribution is -2.32. The van der Waals surface area contributed by atoms with Gasteiger partial charge in [-0.1, -0.05) is 19.8 Å². The Morgan fingerprint density at radius 2 is 2.03 bits per heavy atom. The maximum absolute atomic E-state index is 11.7. The summed E-state index contributed by atoms with van der Waals surface area (Å²) in [6.45, 7) is 4.75. The molecule has 0 radical (unpaired) electrons. The van der Waals surface area contributed by atoms with E-state index in [1.807, 2.05) is 26.0 Å². The lowest BCUT2D eigenvalue weighted by Gasteiger charge is -2.24. The third kappa shape index (κ3) is 7.40. The van der Waals surface area contributed by atoms with Gasteiger partial charge in [0, 0.05) is 20.0 Å². The van der Waals surface area contributed by atoms with Gasteiger partial charge in [0.25, 0.3) is 0 Å². The number of hydrogen-bond acceptors (Lipinski definition) is 7. The van der Waals surface area contributed by atoms with Crippen molar-refractivity contribution < 1.29 is 14.3 Å². The van der Waals surface area contributed by atoms with Crippen LogP contribution in [0.2, 0.25) is 0 Å². The van der Waals surface area contributed by atoms with E-state index < -0.39 is 6.09 Å². The maximum Gasteiger partial charge on any atom is 0.407 e. The van der Waals surface area contributed by atoms with Crippen molar-refractivity contribution in [2.45, 2.75) is 71.3 Å². The van der Waals surface area contributed by atoms with Crippen molar-refractivity contribution in [3.63, 3.8) is 0 Å². The molecule has 1 heterocycles. The zero-order valence-electron chi connectivity index (χ0n) is 18.6. The molecule has 1 fully saturated rings. The van der Waals surface area contributed by atoms with Crippen LogP contribution in [0.4, 0.5) is 4.79 Å². The molecule has 0 aliphatic heterocycles. The Morgan fingerprint density at radius 1 is 1.30 bits per heavy atom. The molecule has 0 unspecified atom stereocenters. The van der Waals surface area contributed by atoms with Gasteiger partial charge in [-0.15, -0.1) is 0 Å². The number of aryl methyl sites for hydroxylation is 1. The van der Waals surface area contributed by atoms with Gasteiger partial charge < -0.3 is 25.5 Å². The van der Waals surface area contributed by atoms with Crippen LogP contribution < -0.4 is 21.6 Å². The topological polar surface area (TPSA) is 116 Å². The first-order chi connectivity index (χ1) is 14.4. The highest BCUT2D eigenvalue weighted by atomic mass is 16.5. The molecular weight excluding hydrogens is 382 g/mol. The fourth-order valence-electron chi connectivity index (χ4n) is 3.48. The van der Waals surface area contributed by atoms with E-state index in [1.165, 1.54) is 24.3 Å². The van der Waals surface area contributed by atoms with Crippen LogP contribution in [0.25, 0.3) is 5.70 Å². The average molecular weight is 420 g/mol. The van der Waals surface area contributed by atoms with E-state index in [-0.39, 0.29) is 6.10 Å². The van der Waals surface area contributed by atoms with Crippen molar-refractivity contribution in [3.8, 4) is 5.75 Å². The van der Waals surface area contributed by atoms with Crippen molar-refractivity contribution >= 4 is 11.8 Å². The van der Waals surface area contributed by atoms with Crippen molar-refractivity contribution in [1.29, 1.82) is 0 Å². The van der Waals surface area contributed by atoms with Gasteiger partial charge in [0.05, 0.1) is 35.5 Å². The summed E-state index contributed by atoms with van der Waals surface area (Å²) in [5.74, 6) is 6.78. The molecule has 0 atom stereocenters. The summed E-state index contributed by atoms with van der Waals surface area (Å²) in [6, 6.07) is 3.78. The Labute approximate surface area is 180 Å². The highest BCUT2D eigenvalue weighted by molar-refractivity contribution is 5.67. The lowest BCUT2D eigenvalue weighted by molar-refractivity contribution is 0.144. The minimum Gasteiger partial charge on any atom is -0.489 e. The minimum absolute atomic E-state index is 0.270. The molecular formula is C22H37N5O3. The number of alkyl carbamates (subject to hydrolysis) is 1. The molecule has 1 saturated carbocycles. The van der Waals surface area contributed by atoms with Crippen molar-refractivity contribution in [2.75, 3.05) is 20.2 Å². The normalized spacial score (nSPS) is 15.3. The minimum atomic E-state index is -0.431. The molecule has 1 aliphatic rings. The van der Waals surface area contributed by atoms with E-state index in [4.69, 9.17) is 21.1 Å². The summed E-state index contributed by atoms with van der Waals surface area (Å²) in [4.78, 5) is 16.3. The SMILES string of the molecule is CCCCOC(=O)NCC/C(=C(/N)c1ccc(OC2CCCCC2)c(C)n1)N(C)N. The van der Waals surface area contributed by atoms with Gasteiger partial charge in [0.1, 0.15) is 5.75 Å². The lowest BCUT2D eigenvalue weighted by atomic mass is 9.98. The number of hydrazine groups is 1. The quantitative estimate of drug-likeness (QED) is 0.302. The Balaban J connectivity index is 2.00. The number of pyridine rings is 1. The number of carbonyl (C=O) groups is 1. The van der Waals surface area contributed by atoms with E-state index in [0.717, 1.165) is 37.1 Å². The highest BCUT2D eigenvalue weighted by Crippen LogP contribution is 2.26. The number of unbranched alkanes of at least 4 members (excludes halogenated alkanes) is 1. The molecule has 0 saturated heterocycles. The predicted molar refractivity (Wildman–Crippen MR) is 118 cm³/mol. The third-order valence-electron chi connectivity index (χ3n) is 5.26. The summed E-state index contributed by atoms with van der Waals surface area (Å²) in [5, 5.41) is 4.19. The maximum atomic E-state index is 11.7. The highest BCUT2D eigenvalue weighted by Gasteiger charge is 2.17. The Morgan fingerprint density at radius 3 is 2.67 bits per heavy atom. The fourth-order valence-corrected chi connectivity index (χ4v) is 3.48. The van der Waals surface area contributed by atoms with Crippen LogP contribution in [-0.2, 0) is 4.74 Å². The number of ether oxygens (including phenoxy) is 2. The Kier molecular flexibility index (Phi) is 9.73. The second kappa shape index (κ2) is 12.3. The number of carbonyl (C=O) groups excluding carboxylic acids is 1. The number of nitrogens with one attached hydrogen (secondary N) is 1. The summed E-state index contributed by atoms with van der Waals surface area (Å²) in [5.41, 5.74) is 8.98. The number of rotatable bonds is 10. The van der Waals surface area contributed by atoms with Gasteiger partial charge >= 0.3 is 6.09 Å². The van der Waals surface area contributed by atoms with Crippen LogP contribution in [0.15, 0.2) is 17.8 Å². The smallest absolute Gasteiger partial charge is 0.407 e. The van der Waals surface area contributed by atoms with Crippen LogP contribution in [0.5, 0.6) is 5.75 Å². The first-order valence-electron chi connectivity index (χ1n) is 10.9. The van der Waals surface area contributed by atoms with Gasteiger partial charge in [-0.05, 0) is 51.2 Å². The standard InChI is InChI=1S/C22H37N5O3/c1-4-5-15-29-22(28)25-14-13-19(27(3)24)21(23)18-11-12-20(16(2)26-18)30-17-9-7-6-8-10-17/h11-12,17H,4-10,13-15,23-24H2,1-3H3,(H,25,28)/b21-19-. The number of hydrogen-bond donors (Lipinski definition) is 3. The number of aromatic nitrogens is 1. The molecule has 5 N–H and O–H groups in total. The Hall–Kier alpha value is -2.48. The van der Waals surface area contributed by atoms with Crippen molar-refractivity contribution in [3.05, 3.63) is 29.2 Å². The molecule has 1 aromatic rings. The summed E-state index contributed by atoms with van der Waals surface area (Å²) in [6.07, 6.45) is 8.05. The first-order valence-corrected chi connectivity index (χ1v) is 10.9. The predicted octanol–water partition coefficient (Wildman–Crippen LogP) is 3.45. The van der Waals surface area contributed by atoms with E-state index >= 15 is 0 Å². The summed E-state index contributed by atoms with van der Waals surface area (Å²) < 4.78 is 11.2. The molecule has 30 heavy (non-hydrogen) atoms. The number of nitrogens with zero attached hydrogens (tertiary/aromatic N) is 2. The monoisotopic (exact) mass is 419 g/mol. The van der Waals surface area contributed by atoms with Crippen LogP contribution in [0, 0.1) is 6.92 Å². The average Bonchev–Trinajstić information content (AvgIpc) is 2.73. The number of nitrogens with two attached hydrogens (primary N) is 2. The number of amides is 1. The van der Waals surface area contributed by atoms with E-state index in [9.17, 15) is 4.79 Å². The van der Waals surface area contributed by atoms with E-state index in [1.54, 1.807) is 7.05 Å². The van der Waals surface area contributed by atoms with E-state index in [2.05, 4.69) is 10.3 Å². The van der Waals surface area contributed by atoms with Crippen LogP contribution >= 0.6 is 0 Å². The molecule has 1 aromatic heterocycles. The zero-order chi connectivity index (χ0) is 21.9. The molecule has 1 aliphatic carbocycles. The van der Waals surface area contributed by atoms with Gasteiger partial charge in [0.2, 0.25) is 0 Å². The molecule has 0 bridgehead atoms. The van der Waals surface area contributed by atoms with Crippen LogP contribution in [0.1, 0.15) is 69.7 Å². The third-order valence-corrected chi connectivity index (χ3v) is 5.26. The van der Waals surface area contributed by atoms with E-state index in [0.29, 0.717) is 36.7 Å². The summed E-state index contributed by atoms with van der Waals surface area (Å²) in [7, 11) is 1.72. The molecule has 0 aromatic carbocycles. The second-order valence-corrected chi connectivity index (χ2v) is 7.80. The van der Waals surface area contributed by atoms with Crippen LogP contribution in [0.3, 0.4) is 0 Å². The molecule has 0 spiro atoms. The van der Waals surface area contributed by atoms with Gasteiger partial charge in [-0.25, -0.2) is 15.6 Å². The summed E-state index contributed by atoms with van der Waals surface area (Å²) >= 11 is 0. The molecule has 8 heteroatoms. The van der Waals surface area contributed by atoms with Gasteiger partial charge in [0.15, 0.2) is 0 Å². The fraction of sp³-hybridized carbons (Fsp3) is 0.636. The molecule has 2 rings (SSSR count). The first kappa shape index (κ1) is 23.8. The zero-order valence-corrected chi connectivity index (χ0v) is 18.6. The van der Waals surface area contributed by atoms with Crippen LogP contribution in [-0.4, -0.2) is 42.4 Å². The second-order valence-electron chi connectivity index (χ2n) is 7.80. The van der Waals surface area contributed by atoms with Gasteiger partial charge in [-0.2, -0.15) is 0 Å². The molecule has 168 valence electrons. The van der Waals surface area contributed by atoms with Crippen molar-refractivity contribution in [2.24, 2.45) is 11.6 Å². The van der Waals surface area contributed by atoms with Crippen molar-refractivity contribution in [1.82, 2.24) is 15.3 Å². The largest absolute Gasteiger partial charge is 0.489 e.